The molecular formula is C16H29N7O8. The number of guanidine groups is 1. The van der Waals surface area contributed by atoms with Crippen LogP contribution in [0.25, 0.3) is 0 Å². The second-order valence-electron chi connectivity index (χ2n) is 6.77. The van der Waals surface area contributed by atoms with Crippen LogP contribution >= 0.6 is 0 Å². The summed E-state index contributed by atoms with van der Waals surface area (Å²) in [6, 6.07) is -3.49. The molecule has 0 aliphatic rings. The van der Waals surface area contributed by atoms with Crippen LogP contribution in [0.2, 0.25) is 0 Å². The standard InChI is InChI=1S/C16H29N7O8/c17-6-9(24)16(31,12(28)7(18)2-1-5-23-14(20)21)15(22,13(29)30)11(27)8(19)3-4-10(25)26/h7-8,31H,1-6,17-19,22H2,(H,25,26)(H,29,30)(H4,20,21,23). The summed E-state index contributed by atoms with van der Waals surface area (Å²) in [5.41, 5.74) is 25.2. The molecule has 0 heterocycles. The number of carbonyl (C=O) groups excluding carboxylic acids is 3. The van der Waals surface area contributed by atoms with Gasteiger partial charge in [0.25, 0.3) is 0 Å². The molecule has 15 N–H and O–H groups in total. The van der Waals surface area contributed by atoms with E-state index in [0.717, 1.165) is 0 Å². The third kappa shape index (κ3) is 6.25. The molecule has 0 fully saturated rings. The van der Waals surface area contributed by atoms with Gasteiger partial charge in [-0.1, -0.05) is 0 Å². The molecule has 0 aliphatic heterocycles. The summed E-state index contributed by atoms with van der Waals surface area (Å²) in [4.78, 5) is 64.3. The van der Waals surface area contributed by atoms with Crippen LogP contribution in [0.5, 0.6) is 0 Å². The fraction of sp³-hybridized carbons (Fsp3) is 0.625. The molecule has 0 amide bonds. The summed E-state index contributed by atoms with van der Waals surface area (Å²) in [6.07, 6.45) is -1.35. The van der Waals surface area contributed by atoms with E-state index in [1.807, 2.05) is 0 Å². The van der Waals surface area contributed by atoms with Gasteiger partial charge in [-0.25, -0.2) is 4.79 Å². The second-order valence-corrected chi connectivity index (χ2v) is 6.77. The van der Waals surface area contributed by atoms with Crippen LogP contribution in [0.15, 0.2) is 4.99 Å². The summed E-state index contributed by atoms with van der Waals surface area (Å²) in [6.45, 7) is -1.04. The lowest BCUT2D eigenvalue weighted by Crippen LogP contribution is -2.80. The van der Waals surface area contributed by atoms with Gasteiger partial charge in [-0.05, 0) is 19.3 Å². The quantitative estimate of drug-likeness (QED) is 0.0490. The van der Waals surface area contributed by atoms with Crippen molar-refractivity contribution in [1.82, 2.24) is 0 Å². The van der Waals surface area contributed by atoms with Crippen molar-refractivity contribution in [3.63, 3.8) is 0 Å². The smallest absolute Gasteiger partial charge is 0.335 e. The maximum atomic E-state index is 12.9. The molecule has 0 aliphatic carbocycles. The number of carbonyl (C=O) groups is 5. The number of nitrogens with zero attached hydrogens (tertiary/aromatic N) is 1. The van der Waals surface area contributed by atoms with Crippen molar-refractivity contribution in [3.8, 4) is 0 Å². The third-order valence-corrected chi connectivity index (χ3v) is 4.55. The zero-order valence-corrected chi connectivity index (χ0v) is 16.7. The van der Waals surface area contributed by atoms with Crippen LogP contribution in [0.1, 0.15) is 25.7 Å². The van der Waals surface area contributed by atoms with Gasteiger partial charge in [0.05, 0.1) is 18.6 Å². The van der Waals surface area contributed by atoms with E-state index in [9.17, 15) is 34.2 Å². The Bertz CT molecular complexity index is 754. The Morgan fingerprint density at radius 2 is 1.45 bits per heavy atom. The van der Waals surface area contributed by atoms with E-state index in [4.69, 9.17) is 39.5 Å². The highest BCUT2D eigenvalue weighted by Crippen LogP contribution is 2.28. The van der Waals surface area contributed by atoms with Gasteiger partial charge in [-0.15, -0.1) is 0 Å². The zero-order chi connectivity index (χ0) is 24.6. The first-order valence-electron chi connectivity index (χ1n) is 9.02. The molecule has 176 valence electrons. The van der Waals surface area contributed by atoms with E-state index in [1.54, 1.807) is 0 Å². The maximum absolute atomic E-state index is 12.9. The Labute approximate surface area is 176 Å². The number of carboxylic acid groups (broad SMARTS) is 2. The third-order valence-electron chi connectivity index (χ3n) is 4.55. The van der Waals surface area contributed by atoms with Gasteiger partial charge >= 0.3 is 11.9 Å². The van der Waals surface area contributed by atoms with Crippen LogP contribution < -0.4 is 34.4 Å². The topological polar surface area (TPSA) is 315 Å². The van der Waals surface area contributed by atoms with Crippen LogP contribution in [0.3, 0.4) is 0 Å². The van der Waals surface area contributed by atoms with E-state index in [2.05, 4.69) is 4.99 Å². The monoisotopic (exact) mass is 447 g/mol. The van der Waals surface area contributed by atoms with Crippen molar-refractivity contribution in [2.45, 2.75) is 48.9 Å². The Balaban J connectivity index is 6.14. The maximum Gasteiger partial charge on any atom is 0.335 e. The molecule has 0 aromatic rings. The van der Waals surface area contributed by atoms with Crippen molar-refractivity contribution in [2.24, 2.45) is 39.4 Å². The minimum atomic E-state index is -3.67. The molecule has 4 atom stereocenters. The van der Waals surface area contributed by atoms with Gasteiger partial charge in [0, 0.05) is 13.0 Å². The Morgan fingerprint density at radius 1 is 0.935 bits per heavy atom. The molecule has 0 aromatic carbocycles. The van der Waals surface area contributed by atoms with E-state index in [1.165, 1.54) is 0 Å². The van der Waals surface area contributed by atoms with E-state index < -0.39 is 71.9 Å². The lowest BCUT2D eigenvalue weighted by atomic mass is 9.68. The van der Waals surface area contributed by atoms with Gasteiger partial charge in [-0.3, -0.25) is 24.2 Å². The molecule has 0 spiro atoms. The number of ketones is 3. The number of aliphatic carboxylic acids is 2. The molecule has 15 heteroatoms. The summed E-state index contributed by atoms with van der Waals surface area (Å²) >= 11 is 0. The van der Waals surface area contributed by atoms with E-state index in [-0.39, 0.29) is 25.3 Å². The minimum Gasteiger partial charge on any atom is -0.481 e. The normalized spacial score (nSPS) is 16.8. The largest absolute Gasteiger partial charge is 0.481 e. The number of nitrogens with two attached hydrogens (primary N) is 6. The molecule has 31 heavy (non-hydrogen) atoms. The van der Waals surface area contributed by atoms with Crippen LogP contribution in [0, 0.1) is 0 Å². The number of aliphatic hydroxyl groups is 1. The van der Waals surface area contributed by atoms with Gasteiger partial charge < -0.3 is 49.7 Å². The molecule has 0 saturated heterocycles. The van der Waals surface area contributed by atoms with Crippen molar-refractivity contribution in [2.75, 3.05) is 13.1 Å². The second kappa shape index (κ2) is 11.4. The average molecular weight is 447 g/mol. The van der Waals surface area contributed by atoms with Crippen molar-refractivity contribution < 1.29 is 39.3 Å². The number of hydrogen-bond acceptors (Lipinski definition) is 11. The van der Waals surface area contributed by atoms with E-state index >= 15 is 0 Å². The lowest BCUT2D eigenvalue weighted by molar-refractivity contribution is -0.175. The first-order chi connectivity index (χ1) is 14.2. The number of carboxylic acids is 2. The first kappa shape index (κ1) is 28.0. The molecule has 4 unspecified atom stereocenters. The Hall–Kier alpha value is -2.98. The fourth-order valence-corrected chi connectivity index (χ4v) is 2.76. The average Bonchev–Trinajstić information content (AvgIpc) is 2.71. The van der Waals surface area contributed by atoms with Gasteiger partial charge in [0.15, 0.2) is 23.3 Å². The van der Waals surface area contributed by atoms with Gasteiger partial charge in [-0.2, -0.15) is 0 Å². The highest BCUT2D eigenvalue weighted by Gasteiger charge is 2.67. The lowest BCUT2D eigenvalue weighted by Gasteiger charge is -2.40. The highest BCUT2D eigenvalue weighted by atomic mass is 16.4. The predicted molar refractivity (Wildman–Crippen MR) is 106 cm³/mol. The number of rotatable bonds is 15. The Morgan fingerprint density at radius 3 is 1.87 bits per heavy atom. The van der Waals surface area contributed by atoms with Crippen LogP contribution in [-0.4, -0.2) is 86.9 Å². The molecule has 0 aromatic heterocycles. The van der Waals surface area contributed by atoms with Crippen molar-refractivity contribution in [1.29, 1.82) is 0 Å². The molecule has 0 bridgehead atoms. The van der Waals surface area contributed by atoms with Gasteiger partial charge in [0.2, 0.25) is 11.1 Å². The summed E-state index contributed by atoms with van der Waals surface area (Å²) < 4.78 is 0. The molecule has 15 nitrogen and oxygen atoms in total. The fourth-order valence-electron chi connectivity index (χ4n) is 2.76. The van der Waals surface area contributed by atoms with Crippen molar-refractivity contribution >= 4 is 35.2 Å². The summed E-state index contributed by atoms with van der Waals surface area (Å²) in [5, 5.41) is 29.2. The molecule has 0 rings (SSSR count). The van der Waals surface area contributed by atoms with Crippen LogP contribution in [-0.2, 0) is 24.0 Å². The van der Waals surface area contributed by atoms with Crippen LogP contribution in [0.4, 0.5) is 0 Å². The SMILES string of the molecule is NCC(=O)C(O)(C(=O)C(N)CCCN=C(N)N)C(N)(C(=O)O)C(=O)C(N)CCC(=O)O. The summed E-state index contributed by atoms with van der Waals surface area (Å²) in [7, 11) is 0. The molecule has 0 radical (unpaired) electrons. The predicted octanol–water partition coefficient (Wildman–Crippen LogP) is -5.26. The van der Waals surface area contributed by atoms with Gasteiger partial charge in [0.1, 0.15) is 0 Å². The van der Waals surface area contributed by atoms with E-state index in [0.29, 0.717) is 0 Å². The molecule has 0 saturated carbocycles. The first-order valence-corrected chi connectivity index (χ1v) is 9.02. The molecular weight excluding hydrogens is 418 g/mol. The number of hydrogen-bond donors (Lipinski definition) is 9. The number of aliphatic imine (C=N–C) groups is 1. The summed E-state index contributed by atoms with van der Waals surface area (Å²) in [5.74, 6) is -8.65. The van der Waals surface area contributed by atoms with Crippen molar-refractivity contribution in [3.05, 3.63) is 0 Å². The number of Topliss-reactive ketones (excluding diaryl/α,β-unsaturated/α-hetero) is 3. The zero-order valence-electron chi connectivity index (χ0n) is 16.7. The Kier molecular flexibility index (Phi) is 10.3. The highest BCUT2D eigenvalue weighted by molar-refractivity contribution is 6.26. The minimum absolute atomic E-state index is 0.0261.